The summed E-state index contributed by atoms with van der Waals surface area (Å²) in [5.74, 6) is -0.362. The predicted molar refractivity (Wildman–Crippen MR) is 72.2 cm³/mol. The molecule has 0 radical (unpaired) electrons. The first-order valence-electron chi connectivity index (χ1n) is 6.13. The van der Waals surface area contributed by atoms with Gasteiger partial charge >= 0.3 is 5.97 Å². The van der Waals surface area contributed by atoms with Gasteiger partial charge in [0, 0.05) is 20.6 Å². The van der Waals surface area contributed by atoms with E-state index in [2.05, 4.69) is 4.74 Å². The van der Waals surface area contributed by atoms with Crippen LogP contribution in [0.25, 0.3) is 0 Å². The van der Waals surface area contributed by atoms with E-state index in [1.807, 2.05) is 30.3 Å². The van der Waals surface area contributed by atoms with Gasteiger partial charge in [0.25, 0.3) is 0 Å². The lowest BCUT2D eigenvalue weighted by molar-refractivity contribution is -0.148. The van der Waals surface area contributed by atoms with Crippen LogP contribution in [0.5, 0.6) is 0 Å². The number of carbonyl (C=O) groups is 2. The third-order valence-electron chi connectivity index (χ3n) is 2.72. The molecule has 0 saturated heterocycles. The van der Waals surface area contributed by atoms with Crippen LogP contribution in [-0.2, 0) is 20.7 Å². The second-order valence-corrected chi connectivity index (χ2v) is 4.35. The molecule has 0 heterocycles. The van der Waals surface area contributed by atoms with Crippen LogP contribution in [-0.4, -0.2) is 49.6 Å². The molecule has 0 saturated carbocycles. The number of rotatable bonds is 6. The van der Waals surface area contributed by atoms with E-state index in [4.69, 9.17) is 0 Å². The molecule has 5 heteroatoms. The molecule has 1 amide bonds. The Balaban J connectivity index is 2.60. The van der Waals surface area contributed by atoms with E-state index in [0.717, 1.165) is 5.56 Å². The van der Waals surface area contributed by atoms with Crippen molar-refractivity contribution in [1.29, 1.82) is 0 Å². The van der Waals surface area contributed by atoms with Crippen molar-refractivity contribution in [3.05, 3.63) is 35.9 Å². The monoisotopic (exact) mass is 264 g/mol. The Labute approximate surface area is 113 Å². The summed E-state index contributed by atoms with van der Waals surface area (Å²) >= 11 is 0. The molecule has 0 spiro atoms. The van der Waals surface area contributed by atoms with Crippen molar-refractivity contribution in [2.24, 2.45) is 0 Å². The highest BCUT2D eigenvalue weighted by molar-refractivity contribution is 5.79. The van der Waals surface area contributed by atoms with E-state index in [9.17, 15) is 9.59 Å². The van der Waals surface area contributed by atoms with Crippen molar-refractivity contribution in [1.82, 2.24) is 10.0 Å². The molecule has 1 aromatic carbocycles. The van der Waals surface area contributed by atoms with Gasteiger partial charge in [-0.1, -0.05) is 30.3 Å². The topological polar surface area (TPSA) is 49.9 Å². The van der Waals surface area contributed by atoms with Gasteiger partial charge in [0.1, 0.15) is 0 Å². The van der Waals surface area contributed by atoms with Crippen molar-refractivity contribution in [3.8, 4) is 0 Å². The molecule has 104 valence electrons. The number of benzene rings is 1. The van der Waals surface area contributed by atoms with Crippen LogP contribution in [0, 0.1) is 0 Å². The van der Waals surface area contributed by atoms with Crippen LogP contribution < -0.4 is 0 Å². The largest absolute Gasteiger partial charge is 0.469 e. The third kappa shape index (κ3) is 5.09. The summed E-state index contributed by atoms with van der Waals surface area (Å²) in [6.45, 7) is 0.325. The molecule has 0 aromatic heterocycles. The Morgan fingerprint density at radius 1 is 1.16 bits per heavy atom. The fourth-order valence-corrected chi connectivity index (χ4v) is 1.71. The smallest absolute Gasteiger partial charge is 0.307 e. The molecule has 0 N–H and O–H groups in total. The highest BCUT2D eigenvalue weighted by atomic mass is 16.5. The fourth-order valence-electron chi connectivity index (χ4n) is 1.71. The average molecular weight is 264 g/mol. The van der Waals surface area contributed by atoms with Crippen molar-refractivity contribution < 1.29 is 14.3 Å². The Morgan fingerprint density at radius 3 is 2.32 bits per heavy atom. The number of carbonyl (C=O) groups excluding carboxylic acids is 2. The van der Waals surface area contributed by atoms with Crippen LogP contribution >= 0.6 is 0 Å². The number of hydrogen-bond acceptors (Lipinski definition) is 4. The molecule has 0 aliphatic carbocycles. The molecular formula is C14H20N2O3. The Morgan fingerprint density at radius 2 is 1.79 bits per heavy atom. The number of amides is 1. The maximum absolute atomic E-state index is 12.2. The van der Waals surface area contributed by atoms with Gasteiger partial charge in [-0.15, -0.1) is 0 Å². The summed E-state index contributed by atoms with van der Waals surface area (Å²) in [5.41, 5.74) is 0.956. The molecule has 19 heavy (non-hydrogen) atoms. The molecule has 0 aliphatic heterocycles. The molecule has 0 unspecified atom stereocenters. The van der Waals surface area contributed by atoms with Crippen molar-refractivity contribution in [3.63, 3.8) is 0 Å². The first-order valence-corrected chi connectivity index (χ1v) is 6.13. The quantitative estimate of drug-likeness (QED) is 0.570. The summed E-state index contributed by atoms with van der Waals surface area (Å²) in [6.07, 6.45) is 0.509. The third-order valence-corrected chi connectivity index (χ3v) is 2.72. The zero-order valence-electron chi connectivity index (χ0n) is 11.6. The highest BCUT2D eigenvalue weighted by Gasteiger charge is 2.17. The van der Waals surface area contributed by atoms with Crippen LogP contribution in [0.2, 0.25) is 0 Å². The van der Waals surface area contributed by atoms with E-state index >= 15 is 0 Å². The molecule has 0 aliphatic rings. The summed E-state index contributed by atoms with van der Waals surface area (Å²) < 4.78 is 4.58. The van der Waals surface area contributed by atoms with Gasteiger partial charge in [-0.25, -0.2) is 5.01 Å². The number of esters is 1. The molecule has 1 rings (SSSR count). The maximum atomic E-state index is 12.2. The second-order valence-electron chi connectivity index (χ2n) is 4.35. The van der Waals surface area contributed by atoms with Gasteiger partial charge in [-0.3, -0.25) is 14.6 Å². The molecule has 1 aromatic rings. The molecular weight excluding hydrogens is 244 g/mol. The van der Waals surface area contributed by atoms with E-state index in [-0.39, 0.29) is 18.3 Å². The van der Waals surface area contributed by atoms with E-state index < -0.39 is 0 Å². The minimum atomic E-state index is -0.320. The summed E-state index contributed by atoms with van der Waals surface area (Å²) in [5, 5.41) is 3.23. The lowest BCUT2D eigenvalue weighted by atomic mass is 10.1. The first-order chi connectivity index (χ1) is 9.04. The highest BCUT2D eigenvalue weighted by Crippen LogP contribution is 2.05. The predicted octanol–water partition coefficient (Wildman–Crippen LogP) is 1.10. The van der Waals surface area contributed by atoms with Gasteiger partial charge in [-0.2, -0.15) is 0 Å². The van der Waals surface area contributed by atoms with E-state index in [1.165, 1.54) is 7.11 Å². The Kier molecular flexibility index (Phi) is 6.02. The Hall–Kier alpha value is -1.88. The van der Waals surface area contributed by atoms with Gasteiger partial charge in [0.2, 0.25) is 5.91 Å². The minimum absolute atomic E-state index is 0.0416. The minimum Gasteiger partial charge on any atom is -0.469 e. The number of hydrogen-bond donors (Lipinski definition) is 0. The second kappa shape index (κ2) is 7.53. The number of methoxy groups -OCH3 is 1. The van der Waals surface area contributed by atoms with Gasteiger partial charge < -0.3 is 4.74 Å². The standard InChI is InChI=1S/C14H20N2O3/c1-15(2)16(10-9-14(18)19-3)13(17)11-12-7-5-4-6-8-12/h4-8H,9-11H2,1-3H3. The maximum Gasteiger partial charge on any atom is 0.307 e. The number of nitrogens with zero attached hydrogens (tertiary/aromatic N) is 2. The number of hydrazine groups is 1. The zero-order valence-corrected chi connectivity index (χ0v) is 11.6. The van der Waals surface area contributed by atoms with Gasteiger partial charge in [0.15, 0.2) is 0 Å². The molecule has 0 bridgehead atoms. The van der Waals surface area contributed by atoms with E-state index in [1.54, 1.807) is 24.1 Å². The van der Waals surface area contributed by atoms with Crippen LogP contribution in [0.4, 0.5) is 0 Å². The number of ether oxygens (including phenoxy) is 1. The SMILES string of the molecule is COC(=O)CCN(C(=O)Cc1ccccc1)N(C)C. The van der Waals surface area contributed by atoms with Crippen LogP contribution in [0.3, 0.4) is 0 Å². The zero-order chi connectivity index (χ0) is 14.3. The molecule has 0 fully saturated rings. The summed E-state index contributed by atoms with van der Waals surface area (Å²) in [7, 11) is 4.90. The van der Waals surface area contributed by atoms with Crippen molar-refractivity contribution >= 4 is 11.9 Å². The fraction of sp³-hybridized carbons (Fsp3) is 0.429. The molecule has 5 nitrogen and oxygen atoms in total. The lowest BCUT2D eigenvalue weighted by Gasteiger charge is -2.28. The lowest BCUT2D eigenvalue weighted by Crippen LogP contribution is -2.43. The average Bonchev–Trinajstić information content (AvgIpc) is 2.39. The summed E-state index contributed by atoms with van der Waals surface area (Å²) in [4.78, 5) is 23.3. The van der Waals surface area contributed by atoms with Gasteiger partial charge in [0.05, 0.1) is 20.0 Å². The normalized spacial score (nSPS) is 10.3. The van der Waals surface area contributed by atoms with Crippen molar-refractivity contribution in [2.75, 3.05) is 27.7 Å². The summed E-state index contributed by atoms with van der Waals surface area (Å²) in [6, 6.07) is 9.53. The van der Waals surface area contributed by atoms with Crippen molar-refractivity contribution in [2.45, 2.75) is 12.8 Å². The molecule has 0 atom stereocenters. The van der Waals surface area contributed by atoms with Gasteiger partial charge in [-0.05, 0) is 5.56 Å². The van der Waals surface area contributed by atoms with E-state index in [0.29, 0.717) is 13.0 Å². The first kappa shape index (κ1) is 15.2. The van der Waals surface area contributed by atoms with Crippen LogP contribution in [0.15, 0.2) is 30.3 Å². The Bertz CT molecular complexity index is 418. The van der Waals surface area contributed by atoms with Crippen LogP contribution in [0.1, 0.15) is 12.0 Å².